The summed E-state index contributed by atoms with van der Waals surface area (Å²) in [6, 6.07) is 13.0. The molecule has 0 spiro atoms. The lowest BCUT2D eigenvalue weighted by molar-refractivity contribution is 0.0950. The molecule has 0 bridgehead atoms. The van der Waals surface area contributed by atoms with Gasteiger partial charge in [0.1, 0.15) is 11.5 Å². The first-order valence-electron chi connectivity index (χ1n) is 7.37. The Morgan fingerprint density at radius 2 is 1.78 bits per heavy atom. The fraction of sp³-hybridized carbons (Fsp3) is 0.278. The second-order valence-corrected chi connectivity index (χ2v) is 6.19. The first-order valence-corrected chi connectivity index (χ1v) is 8.16. The van der Waals surface area contributed by atoms with E-state index in [1.807, 2.05) is 38.1 Å². The Labute approximate surface area is 144 Å². The number of nitrogens with one attached hydrogen (secondary N) is 1. The second-order valence-electron chi connectivity index (χ2n) is 5.34. The van der Waals surface area contributed by atoms with Crippen LogP contribution in [0.1, 0.15) is 29.8 Å². The molecule has 0 atom stereocenters. The number of hydrogen-bond donors (Lipinski definition) is 1. The topological polar surface area (TPSA) is 47.6 Å². The average Bonchev–Trinajstić information content (AvgIpc) is 2.54. The number of carbonyl (C=O) groups is 1. The van der Waals surface area contributed by atoms with Gasteiger partial charge in [-0.25, -0.2) is 0 Å². The summed E-state index contributed by atoms with van der Waals surface area (Å²) in [4.78, 5) is 12.3. The van der Waals surface area contributed by atoms with Crippen molar-refractivity contribution in [2.24, 2.45) is 0 Å². The van der Waals surface area contributed by atoms with Gasteiger partial charge < -0.3 is 14.8 Å². The van der Waals surface area contributed by atoms with Gasteiger partial charge in [-0.05, 0) is 65.7 Å². The van der Waals surface area contributed by atoms with Crippen LogP contribution in [0.3, 0.4) is 0 Å². The third-order valence-corrected chi connectivity index (χ3v) is 3.86. The van der Waals surface area contributed by atoms with Crippen LogP contribution < -0.4 is 14.8 Å². The number of ether oxygens (including phenoxy) is 2. The number of benzene rings is 2. The number of hydrogen-bond acceptors (Lipinski definition) is 3. The molecule has 0 radical (unpaired) electrons. The third-order valence-electron chi connectivity index (χ3n) is 3.17. The van der Waals surface area contributed by atoms with Gasteiger partial charge in [-0.3, -0.25) is 4.79 Å². The standard InChI is InChI=1S/C18H20BrNO3/c1-12(2)23-14-6-4-13(5-7-14)11-20-18(21)16-10-15(22-3)8-9-17(16)19/h4-10,12H,11H2,1-3H3,(H,20,21). The van der Waals surface area contributed by atoms with E-state index in [1.54, 1.807) is 25.3 Å². The molecule has 0 saturated carbocycles. The summed E-state index contributed by atoms with van der Waals surface area (Å²) in [6.45, 7) is 4.42. The van der Waals surface area contributed by atoms with Crippen molar-refractivity contribution in [1.29, 1.82) is 0 Å². The molecular formula is C18H20BrNO3. The zero-order valence-corrected chi connectivity index (χ0v) is 15.0. The van der Waals surface area contributed by atoms with Crippen LogP contribution in [0.5, 0.6) is 11.5 Å². The molecular weight excluding hydrogens is 358 g/mol. The van der Waals surface area contributed by atoms with Gasteiger partial charge in [0.25, 0.3) is 5.91 Å². The van der Waals surface area contributed by atoms with Crippen LogP contribution in [0.4, 0.5) is 0 Å². The van der Waals surface area contributed by atoms with Crippen LogP contribution in [0, 0.1) is 0 Å². The van der Waals surface area contributed by atoms with Crippen LogP contribution in [0.2, 0.25) is 0 Å². The minimum Gasteiger partial charge on any atom is -0.497 e. The molecule has 0 aliphatic carbocycles. The number of methoxy groups -OCH3 is 1. The highest BCUT2D eigenvalue weighted by molar-refractivity contribution is 9.10. The zero-order chi connectivity index (χ0) is 16.8. The summed E-state index contributed by atoms with van der Waals surface area (Å²) in [5, 5.41) is 2.90. The summed E-state index contributed by atoms with van der Waals surface area (Å²) in [5.74, 6) is 1.32. The molecule has 4 nitrogen and oxygen atoms in total. The summed E-state index contributed by atoms with van der Waals surface area (Å²) in [6.07, 6.45) is 0.144. The first-order chi connectivity index (χ1) is 11.0. The molecule has 23 heavy (non-hydrogen) atoms. The lowest BCUT2D eigenvalue weighted by atomic mass is 10.2. The Bertz CT molecular complexity index is 668. The van der Waals surface area contributed by atoms with Gasteiger partial charge in [0, 0.05) is 11.0 Å². The van der Waals surface area contributed by atoms with Crippen molar-refractivity contribution in [3.63, 3.8) is 0 Å². The van der Waals surface area contributed by atoms with E-state index >= 15 is 0 Å². The van der Waals surface area contributed by atoms with Crippen molar-refractivity contribution in [3.8, 4) is 11.5 Å². The molecule has 0 saturated heterocycles. The summed E-state index contributed by atoms with van der Waals surface area (Å²) in [7, 11) is 1.58. The maximum Gasteiger partial charge on any atom is 0.252 e. The van der Waals surface area contributed by atoms with Crippen molar-refractivity contribution in [2.45, 2.75) is 26.5 Å². The summed E-state index contributed by atoms with van der Waals surface area (Å²) in [5.41, 5.74) is 1.55. The van der Waals surface area contributed by atoms with Crippen molar-refractivity contribution in [3.05, 3.63) is 58.1 Å². The maximum atomic E-state index is 12.3. The molecule has 2 rings (SSSR count). The van der Waals surface area contributed by atoms with Gasteiger partial charge in [-0.1, -0.05) is 12.1 Å². The van der Waals surface area contributed by atoms with E-state index in [2.05, 4.69) is 21.2 Å². The van der Waals surface area contributed by atoms with E-state index in [1.165, 1.54) is 0 Å². The van der Waals surface area contributed by atoms with Gasteiger partial charge in [0.15, 0.2) is 0 Å². The largest absolute Gasteiger partial charge is 0.497 e. The minimum atomic E-state index is -0.154. The highest BCUT2D eigenvalue weighted by Gasteiger charge is 2.11. The molecule has 0 heterocycles. The minimum absolute atomic E-state index is 0.144. The lowest BCUT2D eigenvalue weighted by Gasteiger charge is -2.11. The highest BCUT2D eigenvalue weighted by atomic mass is 79.9. The van der Waals surface area contributed by atoms with Gasteiger partial charge >= 0.3 is 0 Å². The number of rotatable bonds is 6. The Balaban J connectivity index is 1.99. The number of halogens is 1. The molecule has 1 amide bonds. The van der Waals surface area contributed by atoms with E-state index in [9.17, 15) is 4.79 Å². The first kappa shape index (κ1) is 17.3. The molecule has 0 fully saturated rings. The van der Waals surface area contributed by atoms with Crippen molar-refractivity contribution in [1.82, 2.24) is 5.32 Å². The van der Waals surface area contributed by atoms with Gasteiger partial charge in [0.05, 0.1) is 18.8 Å². The molecule has 0 aromatic heterocycles. The second kappa shape index (κ2) is 8.02. The lowest BCUT2D eigenvalue weighted by Crippen LogP contribution is -2.23. The van der Waals surface area contributed by atoms with Gasteiger partial charge in [0.2, 0.25) is 0 Å². The zero-order valence-electron chi connectivity index (χ0n) is 13.4. The fourth-order valence-corrected chi connectivity index (χ4v) is 2.47. The SMILES string of the molecule is COc1ccc(Br)c(C(=O)NCc2ccc(OC(C)C)cc2)c1. The van der Waals surface area contributed by atoms with Crippen LogP contribution in [-0.4, -0.2) is 19.1 Å². The van der Waals surface area contributed by atoms with Crippen molar-refractivity contribution >= 4 is 21.8 Å². The molecule has 5 heteroatoms. The molecule has 0 unspecified atom stereocenters. The molecule has 2 aromatic rings. The number of carbonyl (C=O) groups excluding carboxylic acids is 1. The highest BCUT2D eigenvalue weighted by Crippen LogP contribution is 2.22. The Kier molecular flexibility index (Phi) is 6.04. The maximum absolute atomic E-state index is 12.3. The number of amides is 1. The van der Waals surface area contributed by atoms with E-state index in [-0.39, 0.29) is 12.0 Å². The molecule has 2 aromatic carbocycles. The van der Waals surface area contributed by atoms with E-state index in [4.69, 9.17) is 9.47 Å². The Morgan fingerprint density at radius 3 is 2.39 bits per heavy atom. The normalized spacial score (nSPS) is 10.5. The Morgan fingerprint density at radius 1 is 1.13 bits per heavy atom. The van der Waals surface area contributed by atoms with Crippen LogP contribution in [0.25, 0.3) is 0 Å². The van der Waals surface area contributed by atoms with Crippen molar-refractivity contribution < 1.29 is 14.3 Å². The van der Waals surface area contributed by atoms with Crippen LogP contribution >= 0.6 is 15.9 Å². The third kappa shape index (κ3) is 4.99. The smallest absolute Gasteiger partial charge is 0.252 e. The molecule has 0 aliphatic rings. The van der Waals surface area contributed by atoms with Crippen molar-refractivity contribution in [2.75, 3.05) is 7.11 Å². The van der Waals surface area contributed by atoms with Crippen LogP contribution in [0.15, 0.2) is 46.9 Å². The Hall–Kier alpha value is -2.01. The summed E-state index contributed by atoms with van der Waals surface area (Å²) < 4.78 is 11.5. The molecule has 0 aliphatic heterocycles. The average molecular weight is 378 g/mol. The van der Waals surface area contributed by atoms with E-state index in [0.717, 1.165) is 15.8 Å². The van der Waals surface area contributed by atoms with Gasteiger partial charge in [-0.2, -0.15) is 0 Å². The van der Waals surface area contributed by atoms with Gasteiger partial charge in [-0.15, -0.1) is 0 Å². The van der Waals surface area contributed by atoms with E-state index < -0.39 is 0 Å². The fourth-order valence-electron chi connectivity index (χ4n) is 2.04. The summed E-state index contributed by atoms with van der Waals surface area (Å²) >= 11 is 3.39. The molecule has 122 valence electrons. The monoisotopic (exact) mass is 377 g/mol. The molecule has 1 N–H and O–H groups in total. The predicted molar refractivity (Wildman–Crippen MR) is 94.1 cm³/mol. The van der Waals surface area contributed by atoms with E-state index in [0.29, 0.717) is 17.9 Å². The quantitative estimate of drug-likeness (QED) is 0.821. The van der Waals surface area contributed by atoms with Crippen LogP contribution in [-0.2, 0) is 6.54 Å². The predicted octanol–water partition coefficient (Wildman–Crippen LogP) is 4.17.